The molecule has 0 unspecified atom stereocenters. The van der Waals surface area contributed by atoms with Crippen molar-refractivity contribution in [2.45, 2.75) is 59.7 Å². The maximum atomic E-state index is 11.6. The molecule has 2 amide bonds. The summed E-state index contributed by atoms with van der Waals surface area (Å²) in [6, 6.07) is 0. The van der Waals surface area contributed by atoms with E-state index in [2.05, 4.69) is 15.8 Å². The summed E-state index contributed by atoms with van der Waals surface area (Å²) < 4.78 is 10.1. The highest BCUT2D eigenvalue weighted by Gasteiger charge is 2.21. The SMILES string of the molecule is CCON=C(NC(=O)OC(C)(C)C)NC(=O)OC(C)(C)C. The van der Waals surface area contributed by atoms with Crippen molar-refractivity contribution in [2.24, 2.45) is 5.16 Å². The van der Waals surface area contributed by atoms with E-state index < -0.39 is 23.4 Å². The lowest BCUT2D eigenvalue weighted by Crippen LogP contribution is -2.47. The molecule has 0 saturated carbocycles. The highest BCUT2D eigenvalue weighted by molar-refractivity contribution is 6.01. The minimum absolute atomic E-state index is 0.208. The summed E-state index contributed by atoms with van der Waals surface area (Å²) in [5.41, 5.74) is -1.35. The van der Waals surface area contributed by atoms with Crippen molar-refractivity contribution in [2.75, 3.05) is 6.61 Å². The highest BCUT2D eigenvalue weighted by atomic mass is 16.6. The molecule has 0 aromatic rings. The zero-order chi connectivity index (χ0) is 16.7. The molecule has 2 N–H and O–H groups in total. The van der Waals surface area contributed by atoms with Crippen LogP contribution in [0, 0.1) is 0 Å². The molecule has 0 aromatic carbocycles. The summed E-state index contributed by atoms with van der Waals surface area (Å²) in [4.78, 5) is 28.1. The number of ether oxygens (including phenoxy) is 2. The molecular formula is C13H25N3O5. The van der Waals surface area contributed by atoms with Crippen molar-refractivity contribution in [1.82, 2.24) is 10.6 Å². The summed E-state index contributed by atoms with van der Waals surface area (Å²) >= 11 is 0. The number of carbonyl (C=O) groups excluding carboxylic acids is 2. The zero-order valence-corrected chi connectivity index (χ0v) is 13.7. The Balaban J connectivity index is 4.68. The van der Waals surface area contributed by atoms with Gasteiger partial charge in [-0.1, -0.05) is 0 Å². The first kappa shape index (κ1) is 19.0. The molecule has 122 valence electrons. The predicted molar refractivity (Wildman–Crippen MR) is 77.8 cm³/mol. The second-order valence-electron chi connectivity index (χ2n) is 6.11. The maximum absolute atomic E-state index is 11.6. The van der Waals surface area contributed by atoms with E-state index >= 15 is 0 Å². The lowest BCUT2D eigenvalue weighted by atomic mass is 10.2. The van der Waals surface area contributed by atoms with Gasteiger partial charge in [0.1, 0.15) is 17.8 Å². The van der Waals surface area contributed by atoms with Gasteiger partial charge >= 0.3 is 12.2 Å². The molecule has 0 spiro atoms. The van der Waals surface area contributed by atoms with Gasteiger partial charge in [0.05, 0.1) is 0 Å². The second-order valence-corrected chi connectivity index (χ2v) is 6.11. The smallest absolute Gasteiger partial charge is 0.414 e. The number of hydrogen-bond acceptors (Lipinski definition) is 6. The summed E-state index contributed by atoms with van der Waals surface area (Å²) in [6.45, 7) is 12.3. The van der Waals surface area contributed by atoms with Gasteiger partial charge in [-0.05, 0) is 53.6 Å². The first-order valence-corrected chi connectivity index (χ1v) is 6.63. The Morgan fingerprint density at radius 3 is 1.57 bits per heavy atom. The Hall–Kier alpha value is -1.99. The predicted octanol–water partition coefficient (Wildman–Crippen LogP) is 2.34. The van der Waals surface area contributed by atoms with Gasteiger partial charge in [0, 0.05) is 0 Å². The first-order chi connectivity index (χ1) is 9.43. The van der Waals surface area contributed by atoms with Crippen LogP contribution in [0.2, 0.25) is 0 Å². The van der Waals surface area contributed by atoms with Crippen molar-refractivity contribution in [1.29, 1.82) is 0 Å². The van der Waals surface area contributed by atoms with E-state index in [1.54, 1.807) is 48.5 Å². The lowest BCUT2D eigenvalue weighted by Gasteiger charge is -2.21. The molecule has 21 heavy (non-hydrogen) atoms. The Bertz CT molecular complexity index is 362. The van der Waals surface area contributed by atoms with Crippen LogP contribution in [-0.4, -0.2) is 36.0 Å². The number of rotatable bonds is 2. The van der Waals surface area contributed by atoms with E-state index in [-0.39, 0.29) is 12.6 Å². The average Bonchev–Trinajstić information content (AvgIpc) is 2.20. The van der Waals surface area contributed by atoms with E-state index in [1.807, 2.05) is 0 Å². The third-order valence-corrected chi connectivity index (χ3v) is 1.52. The molecule has 0 aromatic heterocycles. The van der Waals surface area contributed by atoms with Crippen molar-refractivity contribution in [3.8, 4) is 0 Å². The topological polar surface area (TPSA) is 98.3 Å². The Morgan fingerprint density at radius 2 is 1.29 bits per heavy atom. The Kier molecular flexibility index (Phi) is 6.97. The second kappa shape index (κ2) is 7.70. The van der Waals surface area contributed by atoms with Crippen LogP contribution in [0.4, 0.5) is 9.59 Å². The minimum atomic E-state index is -0.767. The third kappa shape index (κ3) is 11.5. The molecule has 8 nitrogen and oxygen atoms in total. The fourth-order valence-electron chi connectivity index (χ4n) is 1.01. The van der Waals surface area contributed by atoms with E-state index in [9.17, 15) is 9.59 Å². The van der Waals surface area contributed by atoms with Gasteiger partial charge in [0.15, 0.2) is 0 Å². The van der Waals surface area contributed by atoms with Gasteiger partial charge in [-0.15, -0.1) is 0 Å². The molecule has 0 aliphatic heterocycles. The molecule has 8 heteroatoms. The normalized spacial score (nSPS) is 11.2. The van der Waals surface area contributed by atoms with Crippen LogP contribution in [-0.2, 0) is 14.3 Å². The first-order valence-electron chi connectivity index (χ1n) is 6.63. The van der Waals surface area contributed by atoms with E-state index in [1.165, 1.54) is 0 Å². The van der Waals surface area contributed by atoms with Crippen LogP contribution < -0.4 is 10.6 Å². The van der Waals surface area contributed by atoms with E-state index in [0.29, 0.717) is 0 Å². The number of nitrogens with one attached hydrogen (secondary N) is 2. The summed E-state index contributed by atoms with van der Waals surface area (Å²) in [5.74, 6) is -0.208. The highest BCUT2D eigenvalue weighted by Crippen LogP contribution is 2.07. The maximum Gasteiger partial charge on any atom is 0.414 e. The number of nitrogens with zero attached hydrogens (tertiary/aromatic N) is 1. The molecule has 0 radical (unpaired) electrons. The average molecular weight is 303 g/mol. The van der Waals surface area contributed by atoms with Crippen LogP contribution >= 0.6 is 0 Å². The van der Waals surface area contributed by atoms with Crippen molar-refractivity contribution in [3.63, 3.8) is 0 Å². The van der Waals surface area contributed by atoms with Gasteiger partial charge in [-0.2, -0.15) is 0 Å². The van der Waals surface area contributed by atoms with Crippen LogP contribution in [0.5, 0.6) is 0 Å². The van der Waals surface area contributed by atoms with Crippen molar-refractivity contribution in [3.05, 3.63) is 0 Å². The number of alkyl carbamates (subject to hydrolysis) is 2. The van der Waals surface area contributed by atoms with Crippen molar-refractivity contribution < 1.29 is 23.9 Å². The Morgan fingerprint density at radius 1 is 0.905 bits per heavy atom. The molecule has 0 bridgehead atoms. The van der Waals surface area contributed by atoms with Crippen LogP contribution in [0.15, 0.2) is 5.16 Å². The number of oxime groups is 1. The fraction of sp³-hybridized carbons (Fsp3) is 0.769. The molecule has 0 rings (SSSR count). The fourth-order valence-corrected chi connectivity index (χ4v) is 1.01. The lowest BCUT2D eigenvalue weighted by molar-refractivity contribution is 0.0536. The molecule has 0 fully saturated rings. The van der Waals surface area contributed by atoms with Gasteiger partial charge < -0.3 is 14.3 Å². The van der Waals surface area contributed by atoms with Crippen molar-refractivity contribution >= 4 is 18.1 Å². The van der Waals surface area contributed by atoms with Gasteiger partial charge in [0.2, 0.25) is 0 Å². The van der Waals surface area contributed by atoms with Crippen LogP contribution in [0.25, 0.3) is 0 Å². The number of guanidine groups is 1. The summed E-state index contributed by atoms with van der Waals surface area (Å²) in [7, 11) is 0. The molecule has 0 saturated heterocycles. The van der Waals surface area contributed by atoms with Crippen LogP contribution in [0.1, 0.15) is 48.5 Å². The van der Waals surface area contributed by atoms with Gasteiger partial charge in [0.25, 0.3) is 5.96 Å². The third-order valence-electron chi connectivity index (χ3n) is 1.52. The monoisotopic (exact) mass is 303 g/mol. The minimum Gasteiger partial charge on any atom is -0.444 e. The standard InChI is InChI=1S/C13H25N3O5/c1-8-19-16-9(14-10(17)20-12(2,3)4)15-11(18)21-13(5,6)7/h8H2,1-7H3,(H2,14,15,16,17,18). The largest absolute Gasteiger partial charge is 0.444 e. The van der Waals surface area contributed by atoms with E-state index in [4.69, 9.17) is 14.3 Å². The molecule has 0 heterocycles. The van der Waals surface area contributed by atoms with E-state index in [0.717, 1.165) is 0 Å². The number of hydrogen-bond donors (Lipinski definition) is 2. The summed E-state index contributed by atoms with van der Waals surface area (Å²) in [6.07, 6.45) is -1.53. The molecule has 0 aliphatic rings. The van der Waals surface area contributed by atoms with Gasteiger partial charge in [-0.25, -0.2) is 9.59 Å². The van der Waals surface area contributed by atoms with Gasteiger partial charge in [-0.3, -0.25) is 10.6 Å². The molecular weight excluding hydrogens is 278 g/mol. The quantitative estimate of drug-likeness (QED) is 0.463. The molecule has 0 atom stereocenters. The zero-order valence-electron chi connectivity index (χ0n) is 13.7. The number of carbonyl (C=O) groups is 2. The molecule has 0 aliphatic carbocycles. The number of amides is 2. The van der Waals surface area contributed by atoms with Crippen LogP contribution in [0.3, 0.4) is 0 Å². The summed E-state index contributed by atoms with van der Waals surface area (Å²) in [5, 5.41) is 8.13. The Labute approximate surface area is 125 Å².